The first-order valence-electron chi connectivity index (χ1n) is 10.1. The molecule has 0 spiro atoms. The molecule has 1 atom stereocenters. The molecule has 0 aliphatic heterocycles. The number of hydrogen-bond acceptors (Lipinski definition) is 6. The number of benzene rings is 2. The smallest absolute Gasteiger partial charge is 0.197 e. The van der Waals surface area contributed by atoms with Gasteiger partial charge >= 0.3 is 0 Å². The Morgan fingerprint density at radius 2 is 1.63 bits per heavy atom. The summed E-state index contributed by atoms with van der Waals surface area (Å²) in [5.74, 6) is 1.35. The predicted molar refractivity (Wildman–Crippen MR) is 114 cm³/mol. The van der Waals surface area contributed by atoms with Crippen LogP contribution in [0.1, 0.15) is 42.7 Å². The molecule has 158 valence electrons. The first-order valence-corrected chi connectivity index (χ1v) is 10.9. The molecule has 2 aromatic carbocycles. The third-order valence-electron chi connectivity index (χ3n) is 5.40. The van der Waals surface area contributed by atoms with Gasteiger partial charge in [-0.2, -0.15) is 0 Å². The quantitative estimate of drug-likeness (QED) is 0.417. The van der Waals surface area contributed by atoms with E-state index in [0.29, 0.717) is 5.92 Å². The Morgan fingerprint density at radius 3 is 2.20 bits per heavy atom. The Hall–Kier alpha value is -2.16. The van der Waals surface area contributed by atoms with E-state index in [4.69, 9.17) is 4.42 Å². The standard InChI is InChI=1S/C23H26N2O4S/c24-23(13-26,14-27)11-21(28)16-5-9-19(10-6-16)30-18-7-3-15(4-8-18)20-12-29-22(25-20)17-1-2-17/h3-10,12,17,21,26-28H,1-2,11,13-14,24H2/p+1. The summed E-state index contributed by atoms with van der Waals surface area (Å²) in [5, 5.41) is 29.1. The van der Waals surface area contributed by atoms with Gasteiger partial charge in [0.25, 0.3) is 0 Å². The van der Waals surface area contributed by atoms with Crippen molar-refractivity contribution in [2.45, 2.75) is 46.6 Å². The van der Waals surface area contributed by atoms with Gasteiger partial charge in [-0.3, -0.25) is 0 Å². The van der Waals surface area contributed by atoms with Crippen molar-refractivity contribution in [3.05, 3.63) is 66.2 Å². The molecule has 7 heteroatoms. The van der Waals surface area contributed by atoms with Crippen LogP contribution >= 0.6 is 11.8 Å². The van der Waals surface area contributed by atoms with Crippen LogP contribution in [-0.4, -0.2) is 39.1 Å². The number of aliphatic hydroxyl groups is 3. The van der Waals surface area contributed by atoms with Crippen LogP contribution in [0.5, 0.6) is 0 Å². The zero-order chi connectivity index (χ0) is 21.1. The van der Waals surface area contributed by atoms with Gasteiger partial charge < -0.3 is 25.5 Å². The Kier molecular flexibility index (Phi) is 6.26. The summed E-state index contributed by atoms with van der Waals surface area (Å²) in [7, 11) is 0. The topological polar surface area (TPSA) is 114 Å². The second kappa shape index (κ2) is 8.91. The van der Waals surface area contributed by atoms with Crippen molar-refractivity contribution in [3.8, 4) is 11.3 Å². The predicted octanol–water partition coefficient (Wildman–Crippen LogP) is 2.76. The lowest BCUT2D eigenvalue weighted by Crippen LogP contribution is -2.77. The molecule has 1 unspecified atom stereocenters. The van der Waals surface area contributed by atoms with Crippen LogP contribution in [0.2, 0.25) is 0 Å². The molecule has 0 saturated heterocycles. The lowest BCUT2D eigenvalue weighted by molar-refractivity contribution is -0.494. The lowest BCUT2D eigenvalue weighted by atomic mass is 9.92. The van der Waals surface area contributed by atoms with Gasteiger partial charge in [0.2, 0.25) is 0 Å². The fraction of sp³-hybridized carbons (Fsp3) is 0.348. The van der Waals surface area contributed by atoms with E-state index in [1.165, 1.54) is 12.8 Å². The second-order valence-electron chi connectivity index (χ2n) is 8.08. The number of rotatable bonds is 9. The summed E-state index contributed by atoms with van der Waals surface area (Å²) < 4.78 is 5.58. The largest absolute Gasteiger partial charge is 0.448 e. The second-order valence-corrected chi connectivity index (χ2v) is 9.22. The molecule has 6 N–H and O–H groups in total. The number of nitrogens with zero attached hydrogens (tertiary/aromatic N) is 1. The molecule has 1 aliphatic rings. The first kappa shape index (κ1) is 21.1. The number of oxazole rings is 1. The first-order chi connectivity index (χ1) is 14.5. The molecule has 1 fully saturated rings. The molecule has 1 heterocycles. The molecular weight excluding hydrogens is 400 g/mol. The van der Waals surface area contributed by atoms with Crippen molar-refractivity contribution < 1.29 is 25.5 Å². The maximum absolute atomic E-state index is 10.4. The average molecular weight is 428 g/mol. The zero-order valence-corrected chi connectivity index (χ0v) is 17.5. The molecule has 1 aromatic heterocycles. The van der Waals surface area contributed by atoms with Crippen molar-refractivity contribution in [2.24, 2.45) is 0 Å². The minimum Gasteiger partial charge on any atom is -0.448 e. The maximum atomic E-state index is 10.4. The molecule has 1 saturated carbocycles. The van der Waals surface area contributed by atoms with Crippen molar-refractivity contribution >= 4 is 11.8 Å². The van der Waals surface area contributed by atoms with Gasteiger partial charge in [0.15, 0.2) is 5.89 Å². The lowest BCUT2D eigenvalue weighted by Gasteiger charge is -2.24. The summed E-state index contributed by atoms with van der Waals surface area (Å²) in [6.45, 7) is -0.554. The fourth-order valence-corrected chi connectivity index (χ4v) is 4.05. The highest BCUT2D eigenvalue weighted by Crippen LogP contribution is 2.40. The van der Waals surface area contributed by atoms with Crippen LogP contribution in [0, 0.1) is 0 Å². The Balaban J connectivity index is 1.38. The average Bonchev–Trinajstić information content (AvgIpc) is 3.51. The number of quaternary nitrogens is 1. The van der Waals surface area contributed by atoms with Crippen LogP contribution in [-0.2, 0) is 0 Å². The van der Waals surface area contributed by atoms with Gasteiger partial charge in [0.1, 0.15) is 30.7 Å². The van der Waals surface area contributed by atoms with E-state index in [1.807, 2.05) is 36.4 Å². The van der Waals surface area contributed by atoms with E-state index in [0.717, 1.165) is 32.5 Å². The summed E-state index contributed by atoms with van der Waals surface area (Å²) in [6.07, 6.45) is 3.48. The van der Waals surface area contributed by atoms with E-state index in [9.17, 15) is 15.3 Å². The molecule has 1 aliphatic carbocycles. The number of aliphatic hydroxyl groups excluding tert-OH is 3. The van der Waals surface area contributed by atoms with Crippen LogP contribution in [0.25, 0.3) is 11.3 Å². The van der Waals surface area contributed by atoms with Gasteiger partial charge in [0.05, 0.1) is 6.10 Å². The van der Waals surface area contributed by atoms with E-state index < -0.39 is 11.6 Å². The zero-order valence-electron chi connectivity index (χ0n) is 16.7. The van der Waals surface area contributed by atoms with E-state index in [1.54, 1.807) is 18.0 Å². The molecular formula is C23H27N2O4S+. The highest BCUT2D eigenvalue weighted by molar-refractivity contribution is 7.99. The van der Waals surface area contributed by atoms with Gasteiger partial charge in [-0.1, -0.05) is 36.0 Å². The van der Waals surface area contributed by atoms with Crippen molar-refractivity contribution in [1.82, 2.24) is 4.98 Å². The fourth-order valence-electron chi connectivity index (χ4n) is 3.23. The number of hydrogen-bond donors (Lipinski definition) is 4. The van der Waals surface area contributed by atoms with Gasteiger partial charge in [-0.25, -0.2) is 4.98 Å². The van der Waals surface area contributed by atoms with E-state index in [-0.39, 0.29) is 19.6 Å². The van der Waals surface area contributed by atoms with Crippen LogP contribution in [0.4, 0.5) is 0 Å². The van der Waals surface area contributed by atoms with Crippen LogP contribution in [0.15, 0.2) is 69.0 Å². The van der Waals surface area contributed by atoms with Crippen molar-refractivity contribution in [2.75, 3.05) is 13.2 Å². The molecule has 0 radical (unpaired) electrons. The highest BCUT2D eigenvalue weighted by atomic mass is 32.2. The highest BCUT2D eigenvalue weighted by Gasteiger charge is 2.31. The Morgan fingerprint density at radius 1 is 1.03 bits per heavy atom. The van der Waals surface area contributed by atoms with E-state index >= 15 is 0 Å². The summed E-state index contributed by atoms with van der Waals surface area (Å²) in [6, 6.07) is 15.9. The minimum absolute atomic E-state index is 0.193. The Bertz CT molecular complexity index is 964. The number of aromatic nitrogens is 1. The molecule has 4 rings (SSSR count). The van der Waals surface area contributed by atoms with Gasteiger partial charge in [-0.15, -0.1) is 0 Å². The maximum Gasteiger partial charge on any atom is 0.197 e. The normalized spacial score (nSPS) is 15.3. The molecule has 0 bridgehead atoms. The van der Waals surface area contributed by atoms with Gasteiger partial charge in [-0.05, 0) is 42.7 Å². The van der Waals surface area contributed by atoms with Crippen molar-refractivity contribution in [3.63, 3.8) is 0 Å². The third kappa shape index (κ3) is 4.94. The Labute approximate surface area is 179 Å². The van der Waals surface area contributed by atoms with Crippen LogP contribution in [0.3, 0.4) is 0 Å². The molecule has 6 nitrogen and oxygen atoms in total. The monoisotopic (exact) mass is 427 g/mol. The van der Waals surface area contributed by atoms with Crippen LogP contribution < -0.4 is 5.73 Å². The summed E-state index contributed by atoms with van der Waals surface area (Å²) >= 11 is 1.64. The molecule has 0 amide bonds. The molecule has 30 heavy (non-hydrogen) atoms. The van der Waals surface area contributed by atoms with Gasteiger partial charge in [0, 0.05) is 27.7 Å². The van der Waals surface area contributed by atoms with E-state index in [2.05, 4.69) is 22.9 Å². The molecule has 3 aromatic rings. The third-order valence-corrected chi connectivity index (χ3v) is 6.41. The summed E-state index contributed by atoms with van der Waals surface area (Å²) in [4.78, 5) is 6.75. The summed E-state index contributed by atoms with van der Waals surface area (Å²) in [5.41, 5.74) is 5.52. The van der Waals surface area contributed by atoms with Crippen molar-refractivity contribution in [1.29, 1.82) is 0 Å². The minimum atomic E-state index is -0.947. The SMILES string of the molecule is [NH3+]C(CO)(CO)CC(O)c1ccc(Sc2ccc(-c3coc(C4CC4)n3)cc2)cc1.